The van der Waals surface area contributed by atoms with E-state index in [1.807, 2.05) is 13.0 Å². The molecule has 1 unspecified atom stereocenters. The summed E-state index contributed by atoms with van der Waals surface area (Å²) < 4.78 is 0. The number of hydrogen-bond acceptors (Lipinski definition) is 2. The van der Waals surface area contributed by atoms with Gasteiger partial charge in [-0.05, 0) is 37.0 Å². The van der Waals surface area contributed by atoms with Crippen LogP contribution < -0.4 is 11.1 Å². The zero-order chi connectivity index (χ0) is 13.7. The van der Waals surface area contributed by atoms with Crippen molar-refractivity contribution in [2.75, 3.05) is 6.54 Å². The molecule has 1 amide bonds. The van der Waals surface area contributed by atoms with Crippen molar-refractivity contribution in [3.8, 4) is 0 Å². The Morgan fingerprint density at radius 3 is 2.61 bits per heavy atom. The van der Waals surface area contributed by atoms with Crippen molar-refractivity contribution in [2.45, 2.75) is 33.2 Å². The third kappa shape index (κ3) is 4.31. The van der Waals surface area contributed by atoms with Crippen LogP contribution in [0.1, 0.15) is 36.2 Å². The van der Waals surface area contributed by atoms with Crippen LogP contribution >= 0.6 is 11.6 Å². The Bertz CT molecular complexity index is 418. The first-order valence-electron chi connectivity index (χ1n) is 6.21. The summed E-state index contributed by atoms with van der Waals surface area (Å²) in [6.07, 6.45) is 0.867. The number of hydrogen-bond donors (Lipinski definition) is 2. The van der Waals surface area contributed by atoms with E-state index in [0.29, 0.717) is 23.0 Å². The maximum absolute atomic E-state index is 12.1. The molecule has 0 fully saturated rings. The summed E-state index contributed by atoms with van der Waals surface area (Å²) in [5, 5.41) is 3.41. The first-order valence-corrected chi connectivity index (χ1v) is 6.59. The highest BCUT2D eigenvalue weighted by atomic mass is 35.5. The van der Waals surface area contributed by atoms with Gasteiger partial charge in [-0.15, -0.1) is 0 Å². The van der Waals surface area contributed by atoms with Crippen LogP contribution in [0.4, 0.5) is 0 Å². The molecule has 0 saturated carbocycles. The second kappa shape index (κ2) is 6.76. The molecule has 0 aliphatic heterocycles. The van der Waals surface area contributed by atoms with Crippen LogP contribution in [-0.4, -0.2) is 18.5 Å². The monoisotopic (exact) mass is 268 g/mol. The maximum atomic E-state index is 12.1. The van der Waals surface area contributed by atoms with E-state index in [-0.39, 0.29) is 11.9 Å². The molecule has 100 valence electrons. The Labute approximate surface area is 114 Å². The number of rotatable bonds is 5. The van der Waals surface area contributed by atoms with E-state index >= 15 is 0 Å². The van der Waals surface area contributed by atoms with Gasteiger partial charge >= 0.3 is 0 Å². The van der Waals surface area contributed by atoms with Crippen LogP contribution in [0.2, 0.25) is 5.02 Å². The molecule has 18 heavy (non-hydrogen) atoms. The molecule has 3 nitrogen and oxygen atoms in total. The number of benzene rings is 1. The summed E-state index contributed by atoms with van der Waals surface area (Å²) in [5.41, 5.74) is 7.20. The van der Waals surface area contributed by atoms with E-state index in [4.69, 9.17) is 17.3 Å². The lowest BCUT2D eigenvalue weighted by atomic mass is 10.0. The zero-order valence-electron chi connectivity index (χ0n) is 11.2. The molecule has 0 spiro atoms. The van der Waals surface area contributed by atoms with Crippen LogP contribution in [0.3, 0.4) is 0 Å². The van der Waals surface area contributed by atoms with Crippen molar-refractivity contribution in [3.05, 3.63) is 34.3 Å². The normalized spacial score (nSPS) is 12.6. The molecule has 1 rings (SSSR count). The van der Waals surface area contributed by atoms with Crippen LogP contribution in [0.25, 0.3) is 0 Å². The fourth-order valence-corrected chi connectivity index (χ4v) is 2.17. The fraction of sp³-hybridized carbons (Fsp3) is 0.500. The second-order valence-corrected chi connectivity index (χ2v) is 5.43. The van der Waals surface area contributed by atoms with Gasteiger partial charge in [0.05, 0.1) is 10.6 Å². The molecular weight excluding hydrogens is 248 g/mol. The van der Waals surface area contributed by atoms with E-state index < -0.39 is 0 Å². The number of aryl methyl sites for hydroxylation is 1. The molecule has 3 N–H and O–H groups in total. The van der Waals surface area contributed by atoms with Gasteiger partial charge < -0.3 is 11.1 Å². The highest BCUT2D eigenvalue weighted by molar-refractivity contribution is 6.33. The average Bonchev–Trinajstić information content (AvgIpc) is 2.27. The van der Waals surface area contributed by atoms with Gasteiger partial charge in [-0.2, -0.15) is 0 Å². The summed E-state index contributed by atoms with van der Waals surface area (Å²) >= 11 is 6.06. The number of nitrogens with one attached hydrogen (secondary N) is 1. The topological polar surface area (TPSA) is 55.1 Å². The van der Waals surface area contributed by atoms with Crippen LogP contribution in [-0.2, 0) is 0 Å². The minimum Gasteiger partial charge on any atom is -0.348 e. The molecule has 1 aromatic carbocycles. The summed E-state index contributed by atoms with van der Waals surface area (Å²) in [4.78, 5) is 12.1. The maximum Gasteiger partial charge on any atom is 0.253 e. The smallest absolute Gasteiger partial charge is 0.253 e. The van der Waals surface area contributed by atoms with Gasteiger partial charge in [-0.1, -0.05) is 31.5 Å². The van der Waals surface area contributed by atoms with Crippen LogP contribution in [0.5, 0.6) is 0 Å². The van der Waals surface area contributed by atoms with Crippen molar-refractivity contribution in [1.82, 2.24) is 5.32 Å². The van der Waals surface area contributed by atoms with Gasteiger partial charge in [-0.25, -0.2) is 0 Å². The molecule has 0 aliphatic rings. The number of carbonyl (C=O) groups excluding carboxylic acids is 1. The first-order chi connectivity index (χ1) is 8.43. The van der Waals surface area contributed by atoms with Crippen molar-refractivity contribution in [1.29, 1.82) is 0 Å². The Morgan fingerprint density at radius 1 is 1.44 bits per heavy atom. The van der Waals surface area contributed by atoms with Crippen molar-refractivity contribution < 1.29 is 4.79 Å². The lowest BCUT2D eigenvalue weighted by molar-refractivity contribution is 0.0934. The Morgan fingerprint density at radius 2 is 2.11 bits per heavy atom. The minimum atomic E-state index is -0.156. The van der Waals surface area contributed by atoms with Crippen molar-refractivity contribution in [3.63, 3.8) is 0 Å². The van der Waals surface area contributed by atoms with Gasteiger partial charge in [0.1, 0.15) is 0 Å². The highest BCUT2D eigenvalue weighted by Gasteiger charge is 2.15. The lowest BCUT2D eigenvalue weighted by Gasteiger charge is -2.19. The van der Waals surface area contributed by atoms with Gasteiger partial charge in [-0.3, -0.25) is 4.79 Å². The molecule has 0 bridgehead atoms. The Kier molecular flexibility index (Phi) is 5.63. The molecule has 0 aromatic heterocycles. The molecule has 1 aromatic rings. The van der Waals surface area contributed by atoms with Gasteiger partial charge in [0, 0.05) is 12.6 Å². The van der Waals surface area contributed by atoms with E-state index in [1.54, 1.807) is 12.1 Å². The van der Waals surface area contributed by atoms with Crippen molar-refractivity contribution >= 4 is 17.5 Å². The molecule has 4 heteroatoms. The average molecular weight is 269 g/mol. The van der Waals surface area contributed by atoms with Gasteiger partial charge in [0.2, 0.25) is 0 Å². The quantitative estimate of drug-likeness (QED) is 0.863. The van der Waals surface area contributed by atoms with E-state index in [1.165, 1.54) is 0 Å². The van der Waals surface area contributed by atoms with Crippen LogP contribution in [0.15, 0.2) is 18.2 Å². The first kappa shape index (κ1) is 15.0. The Hall–Kier alpha value is -1.06. The highest BCUT2D eigenvalue weighted by Crippen LogP contribution is 2.17. The van der Waals surface area contributed by atoms with E-state index in [0.717, 1.165) is 12.0 Å². The summed E-state index contributed by atoms with van der Waals surface area (Å²) in [6, 6.07) is 5.40. The fourth-order valence-electron chi connectivity index (χ4n) is 1.85. The van der Waals surface area contributed by atoms with Gasteiger partial charge in [0.25, 0.3) is 5.91 Å². The SMILES string of the molecule is Cc1ccc(C(=O)NC(CN)CC(C)C)c(Cl)c1. The molecule has 0 heterocycles. The Balaban J connectivity index is 2.74. The van der Waals surface area contributed by atoms with Gasteiger partial charge in [0.15, 0.2) is 0 Å². The minimum absolute atomic E-state index is 0.00475. The molecular formula is C14H21ClN2O. The number of nitrogens with two attached hydrogens (primary N) is 1. The molecule has 1 atom stereocenters. The van der Waals surface area contributed by atoms with Crippen molar-refractivity contribution in [2.24, 2.45) is 11.7 Å². The number of amides is 1. The van der Waals surface area contributed by atoms with E-state index in [2.05, 4.69) is 19.2 Å². The zero-order valence-corrected chi connectivity index (χ0v) is 11.9. The molecule has 0 radical (unpaired) electrons. The molecule has 0 aliphatic carbocycles. The lowest BCUT2D eigenvalue weighted by Crippen LogP contribution is -2.41. The van der Waals surface area contributed by atoms with E-state index in [9.17, 15) is 4.79 Å². The predicted octanol–water partition coefficient (Wildman–Crippen LogP) is 2.75. The summed E-state index contributed by atoms with van der Waals surface area (Å²) in [6.45, 7) is 6.59. The second-order valence-electron chi connectivity index (χ2n) is 5.02. The summed E-state index contributed by atoms with van der Waals surface area (Å²) in [7, 11) is 0. The largest absolute Gasteiger partial charge is 0.348 e. The van der Waals surface area contributed by atoms with Crippen LogP contribution in [0, 0.1) is 12.8 Å². The predicted molar refractivity (Wildman–Crippen MR) is 76.0 cm³/mol. The summed E-state index contributed by atoms with van der Waals surface area (Å²) in [5.74, 6) is 0.337. The number of halogens is 1. The number of carbonyl (C=O) groups is 1. The standard InChI is InChI=1S/C14H21ClN2O/c1-9(2)6-11(8-16)17-14(18)12-5-4-10(3)7-13(12)15/h4-5,7,9,11H,6,8,16H2,1-3H3,(H,17,18). The third-order valence-electron chi connectivity index (χ3n) is 2.74. The third-order valence-corrected chi connectivity index (χ3v) is 3.06. The molecule has 0 saturated heterocycles.